The lowest BCUT2D eigenvalue weighted by atomic mass is 10.0. The third-order valence-electron chi connectivity index (χ3n) is 7.11. The van der Waals surface area contributed by atoms with Gasteiger partial charge in [-0.1, -0.05) is 84.6 Å². The molecule has 0 saturated heterocycles. The zero-order valence-corrected chi connectivity index (χ0v) is 26.5. The fraction of sp³-hybridized carbons (Fsp3) is 0.333. The van der Waals surface area contributed by atoms with Crippen LogP contribution < -0.4 is 9.62 Å². The first-order valence-electron chi connectivity index (χ1n) is 13.3. The number of nitrogens with one attached hydrogen (secondary N) is 1. The Morgan fingerprint density at radius 3 is 2.24 bits per heavy atom. The van der Waals surface area contributed by atoms with Crippen LogP contribution in [0.4, 0.5) is 5.69 Å². The van der Waals surface area contributed by atoms with Crippen LogP contribution in [0.2, 0.25) is 10.0 Å². The highest BCUT2D eigenvalue weighted by molar-refractivity contribution is 9.10. The molecule has 11 heteroatoms. The van der Waals surface area contributed by atoms with Gasteiger partial charge in [0.2, 0.25) is 21.8 Å². The summed E-state index contributed by atoms with van der Waals surface area (Å²) in [6, 6.07) is 20.4. The highest BCUT2D eigenvalue weighted by atomic mass is 79.9. The number of hydrogen-bond donors (Lipinski definition) is 1. The molecule has 0 aliphatic heterocycles. The van der Waals surface area contributed by atoms with Gasteiger partial charge in [0.05, 0.1) is 22.0 Å². The Morgan fingerprint density at radius 2 is 1.61 bits per heavy atom. The number of carbonyl (C=O) groups is 2. The first-order chi connectivity index (χ1) is 19.5. The monoisotopic (exact) mass is 679 g/mol. The van der Waals surface area contributed by atoms with E-state index in [1.807, 2.05) is 30.3 Å². The van der Waals surface area contributed by atoms with Crippen molar-refractivity contribution in [2.24, 2.45) is 0 Å². The maximum Gasteiger partial charge on any atom is 0.244 e. The second-order valence-corrected chi connectivity index (χ2v) is 13.8. The molecule has 0 unspecified atom stereocenters. The fourth-order valence-corrected chi connectivity index (χ4v) is 6.80. The van der Waals surface area contributed by atoms with E-state index in [4.69, 9.17) is 23.2 Å². The first-order valence-corrected chi connectivity index (χ1v) is 16.7. The van der Waals surface area contributed by atoms with E-state index in [0.29, 0.717) is 25.8 Å². The number of para-hydroxylation sites is 1. The Kier molecular flexibility index (Phi) is 10.7. The van der Waals surface area contributed by atoms with Gasteiger partial charge >= 0.3 is 0 Å². The van der Waals surface area contributed by atoms with Gasteiger partial charge < -0.3 is 10.2 Å². The molecule has 0 heterocycles. The van der Waals surface area contributed by atoms with E-state index < -0.39 is 28.5 Å². The second-order valence-electron chi connectivity index (χ2n) is 10.2. The summed E-state index contributed by atoms with van der Waals surface area (Å²) in [6.07, 6.45) is 5.14. The largest absolute Gasteiger partial charge is 0.352 e. The van der Waals surface area contributed by atoms with E-state index in [2.05, 4.69) is 21.2 Å². The van der Waals surface area contributed by atoms with Crippen LogP contribution in [0, 0.1) is 0 Å². The van der Waals surface area contributed by atoms with Gasteiger partial charge in [-0.2, -0.15) is 0 Å². The average Bonchev–Trinajstić information content (AvgIpc) is 3.44. The highest BCUT2D eigenvalue weighted by Crippen LogP contribution is 2.29. The molecule has 0 spiro atoms. The van der Waals surface area contributed by atoms with Crippen molar-refractivity contribution in [3.05, 3.63) is 98.4 Å². The fourth-order valence-electron chi connectivity index (χ4n) is 5.00. The molecule has 3 aromatic rings. The van der Waals surface area contributed by atoms with Crippen LogP contribution in [0.1, 0.15) is 36.8 Å². The maximum atomic E-state index is 14.2. The third kappa shape index (κ3) is 8.47. The van der Waals surface area contributed by atoms with E-state index in [-0.39, 0.29) is 24.9 Å². The number of benzene rings is 3. The summed E-state index contributed by atoms with van der Waals surface area (Å²) < 4.78 is 27.4. The molecule has 2 amide bonds. The molecule has 1 fully saturated rings. The van der Waals surface area contributed by atoms with Crippen LogP contribution in [0.3, 0.4) is 0 Å². The van der Waals surface area contributed by atoms with Crippen molar-refractivity contribution in [1.29, 1.82) is 0 Å². The molecular weight excluding hydrogens is 649 g/mol. The molecular formula is C30H32BrCl2N3O4S. The van der Waals surface area contributed by atoms with Gasteiger partial charge in [0.25, 0.3) is 0 Å². The van der Waals surface area contributed by atoms with E-state index >= 15 is 0 Å². The summed E-state index contributed by atoms with van der Waals surface area (Å²) in [5, 5.41) is 3.83. The van der Waals surface area contributed by atoms with Crippen molar-refractivity contribution in [2.75, 3.05) is 17.1 Å². The molecule has 218 valence electrons. The minimum Gasteiger partial charge on any atom is -0.352 e. The van der Waals surface area contributed by atoms with Crippen molar-refractivity contribution in [3.8, 4) is 0 Å². The van der Waals surface area contributed by atoms with Gasteiger partial charge in [0, 0.05) is 23.5 Å². The minimum atomic E-state index is -3.86. The molecule has 0 bridgehead atoms. The molecule has 7 nitrogen and oxygen atoms in total. The number of halogens is 3. The molecule has 1 aliphatic rings. The van der Waals surface area contributed by atoms with E-state index in [9.17, 15) is 18.0 Å². The number of hydrogen-bond acceptors (Lipinski definition) is 4. The second kappa shape index (κ2) is 14.1. The Labute approximate surface area is 260 Å². The molecule has 1 aliphatic carbocycles. The van der Waals surface area contributed by atoms with E-state index in [1.165, 1.54) is 4.90 Å². The topological polar surface area (TPSA) is 86.8 Å². The molecule has 4 rings (SSSR count). The minimum absolute atomic E-state index is 0.0267. The van der Waals surface area contributed by atoms with Gasteiger partial charge in [0.1, 0.15) is 12.6 Å². The van der Waals surface area contributed by atoms with Crippen LogP contribution in [0.25, 0.3) is 0 Å². The average molecular weight is 681 g/mol. The lowest BCUT2D eigenvalue weighted by Gasteiger charge is -2.34. The van der Waals surface area contributed by atoms with Crippen molar-refractivity contribution >= 4 is 66.7 Å². The van der Waals surface area contributed by atoms with Gasteiger partial charge in [-0.3, -0.25) is 13.9 Å². The summed E-state index contributed by atoms with van der Waals surface area (Å²) in [6.45, 7) is -0.469. The Balaban J connectivity index is 1.74. The predicted molar refractivity (Wildman–Crippen MR) is 168 cm³/mol. The van der Waals surface area contributed by atoms with Crippen molar-refractivity contribution in [1.82, 2.24) is 10.2 Å². The van der Waals surface area contributed by atoms with E-state index in [0.717, 1.165) is 41.8 Å². The van der Waals surface area contributed by atoms with Gasteiger partial charge in [-0.25, -0.2) is 8.42 Å². The van der Waals surface area contributed by atoms with Crippen molar-refractivity contribution in [3.63, 3.8) is 0 Å². The Morgan fingerprint density at radius 1 is 0.951 bits per heavy atom. The summed E-state index contributed by atoms with van der Waals surface area (Å²) in [7, 11) is -3.86. The molecule has 1 saturated carbocycles. The first kappa shape index (κ1) is 31.3. The summed E-state index contributed by atoms with van der Waals surface area (Å²) in [4.78, 5) is 29.5. The molecule has 41 heavy (non-hydrogen) atoms. The Bertz CT molecular complexity index is 1480. The van der Waals surface area contributed by atoms with Crippen LogP contribution in [0.15, 0.2) is 77.3 Å². The zero-order chi connectivity index (χ0) is 29.6. The van der Waals surface area contributed by atoms with Crippen LogP contribution >= 0.6 is 39.1 Å². The summed E-state index contributed by atoms with van der Waals surface area (Å²) in [5.41, 5.74) is 1.86. The van der Waals surface area contributed by atoms with Gasteiger partial charge in [-0.15, -0.1) is 0 Å². The van der Waals surface area contributed by atoms with Crippen molar-refractivity contribution < 1.29 is 18.0 Å². The number of anilines is 1. The molecule has 3 aromatic carbocycles. The van der Waals surface area contributed by atoms with Crippen LogP contribution in [-0.2, 0) is 32.6 Å². The number of amides is 2. The normalized spacial score (nSPS) is 14.4. The smallest absolute Gasteiger partial charge is 0.244 e. The van der Waals surface area contributed by atoms with Gasteiger partial charge in [-0.05, 0) is 64.2 Å². The van der Waals surface area contributed by atoms with Crippen LogP contribution in [0.5, 0.6) is 0 Å². The zero-order valence-electron chi connectivity index (χ0n) is 22.6. The van der Waals surface area contributed by atoms with Crippen molar-refractivity contribution in [2.45, 2.75) is 50.7 Å². The molecule has 0 radical (unpaired) electrons. The number of carbonyl (C=O) groups excluding carboxylic acids is 2. The highest BCUT2D eigenvalue weighted by Gasteiger charge is 2.34. The lowest BCUT2D eigenvalue weighted by Crippen LogP contribution is -2.54. The molecule has 1 N–H and O–H groups in total. The number of rotatable bonds is 11. The third-order valence-corrected chi connectivity index (χ3v) is 9.65. The molecule has 0 aromatic heterocycles. The standard InChI is InChI=1S/C30H32BrCl2N3O4S/c1-41(39,40)36(27-14-8-7-13-24(27)31)20-29(37)35(19-22-15-16-25(32)26(33)17-22)28(18-21-9-3-2-4-10-21)30(38)34-23-11-5-6-12-23/h2-4,7-10,13-17,23,28H,5-6,11-12,18-20H2,1H3,(H,34,38)/t28-/m0/s1. The summed E-state index contributed by atoms with van der Waals surface area (Å²) >= 11 is 15.8. The lowest BCUT2D eigenvalue weighted by molar-refractivity contribution is -0.140. The Hall–Kier alpha value is -2.59. The SMILES string of the molecule is CS(=O)(=O)N(CC(=O)N(Cc1ccc(Cl)c(Cl)c1)[C@@H](Cc1ccccc1)C(=O)NC1CCCC1)c1ccccc1Br. The quantitative estimate of drug-likeness (QED) is 0.261. The van der Waals surface area contributed by atoms with E-state index in [1.54, 1.807) is 42.5 Å². The summed E-state index contributed by atoms with van der Waals surface area (Å²) in [5.74, 6) is -0.805. The number of sulfonamides is 1. The molecule has 1 atom stereocenters. The number of nitrogens with zero attached hydrogens (tertiary/aromatic N) is 2. The maximum absolute atomic E-state index is 14.2. The van der Waals surface area contributed by atoms with Gasteiger partial charge in [0.15, 0.2) is 0 Å². The predicted octanol–water partition coefficient (Wildman–Crippen LogP) is 6.22. The van der Waals surface area contributed by atoms with Crippen LogP contribution in [-0.4, -0.2) is 50.0 Å².